The Morgan fingerprint density at radius 3 is 2.22 bits per heavy atom. The van der Waals surface area contributed by atoms with Crippen LogP contribution in [-0.2, 0) is 0 Å². The van der Waals surface area contributed by atoms with Gasteiger partial charge in [0, 0.05) is 5.56 Å². The van der Waals surface area contributed by atoms with Gasteiger partial charge in [-0.2, -0.15) is 0 Å². The third kappa shape index (κ3) is 2.21. The molecule has 0 spiro atoms. The third-order valence-corrected chi connectivity index (χ3v) is 3.46. The van der Waals surface area contributed by atoms with E-state index in [-0.39, 0.29) is 5.82 Å². The molecule has 0 bridgehead atoms. The van der Waals surface area contributed by atoms with Crippen LogP contribution >= 0.6 is 0 Å². The maximum absolute atomic E-state index is 13.6. The Bertz CT molecular complexity index is 573. The van der Waals surface area contributed by atoms with Gasteiger partial charge in [-0.05, 0) is 36.5 Å². The first-order valence-corrected chi connectivity index (χ1v) is 6.37. The van der Waals surface area contributed by atoms with Crippen molar-refractivity contribution in [1.82, 2.24) is 0 Å². The van der Waals surface area contributed by atoms with E-state index in [4.69, 9.17) is 0 Å². The summed E-state index contributed by atoms with van der Waals surface area (Å²) < 4.78 is 13.6. The van der Waals surface area contributed by atoms with Crippen molar-refractivity contribution in [3.8, 4) is 11.1 Å². The Labute approximate surface area is 107 Å². The van der Waals surface area contributed by atoms with E-state index in [2.05, 4.69) is 18.2 Å². The van der Waals surface area contributed by atoms with Gasteiger partial charge in [-0.1, -0.05) is 54.1 Å². The van der Waals surface area contributed by atoms with Crippen LogP contribution < -0.4 is 0 Å². The fourth-order valence-electron chi connectivity index (χ4n) is 2.22. The molecule has 2 aromatic carbocycles. The number of benzene rings is 2. The van der Waals surface area contributed by atoms with Gasteiger partial charge in [0.25, 0.3) is 0 Å². The SMILES string of the molecule is Fc1ccccc1-c1ccc(C=C2CCC2)cc1. The summed E-state index contributed by atoms with van der Waals surface area (Å²) in [5.74, 6) is -0.164. The van der Waals surface area contributed by atoms with E-state index in [0.717, 1.165) is 5.56 Å². The molecule has 1 aliphatic rings. The van der Waals surface area contributed by atoms with Gasteiger partial charge in [0.2, 0.25) is 0 Å². The van der Waals surface area contributed by atoms with Crippen LogP contribution in [0.15, 0.2) is 54.1 Å². The number of hydrogen-bond acceptors (Lipinski definition) is 0. The Morgan fingerprint density at radius 2 is 1.61 bits per heavy atom. The molecule has 18 heavy (non-hydrogen) atoms. The summed E-state index contributed by atoms with van der Waals surface area (Å²) >= 11 is 0. The van der Waals surface area contributed by atoms with Crippen LogP contribution in [0.5, 0.6) is 0 Å². The lowest BCUT2D eigenvalue weighted by molar-refractivity contribution is 0.631. The Balaban J connectivity index is 1.89. The molecule has 1 heteroatoms. The first-order chi connectivity index (χ1) is 8.83. The number of hydrogen-bond donors (Lipinski definition) is 0. The van der Waals surface area contributed by atoms with Crippen molar-refractivity contribution in [2.45, 2.75) is 19.3 Å². The smallest absolute Gasteiger partial charge is 0.131 e. The molecule has 0 N–H and O–H groups in total. The molecule has 0 heterocycles. The van der Waals surface area contributed by atoms with Crippen LogP contribution in [-0.4, -0.2) is 0 Å². The first-order valence-electron chi connectivity index (χ1n) is 6.37. The second-order valence-corrected chi connectivity index (χ2v) is 4.76. The molecule has 90 valence electrons. The van der Waals surface area contributed by atoms with Crippen LogP contribution in [0.4, 0.5) is 4.39 Å². The van der Waals surface area contributed by atoms with Gasteiger partial charge in [0.05, 0.1) is 0 Å². The zero-order chi connectivity index (χ0) is 12.4. The van der Waals surface area contributed by atoms with Crippen molar-refractivity contribution >= 4 is 6.08 Å². The maximum Gasteiger partial charge on any atom is 0.131 e. The molecule has 0 atom stereocenters. The van der Waals surface area contributed by atoms with Gasteiger partial charge in [0.1, 0.15) is 5.82 Å². The highest BCUT2D eigenvalue weighted by Crippen LogP contribution is 2.28. The average molecular weight is 238 g/mol. The Kier molecular flexibility index (Phi) is 2.97. The fraction of sp³-hybridized carbons (Fsp3) is 0.176. The summed E-state index contributed by atoms with van der Waals surface area (Å²) in [5, 5.41) is 0. The molecular weight excluding hydrogens is 223 g/mol. The monoisotopic (exact) mass is 238 g/mol. The Hall–Kier alpha value is -1.89. The van der Waals surface area contributed by atoms with Crippen LogP contribution in [0.25, 0.3) is 17.2 Å². The number of halogens is 1. The molecule has 1 aliphatic carbocycles. The summed E-state index contributed by atoms with van der Waals surface area (Å²) in [6.45, 7) is 0. The number of rotatable bonds is 2. The molecule has 0 unspecified atom stereocenters. The minimum absolute atomic E-state index is 0.164. The summed E-state index contributed by atoms with van der Waals surface area (Å²) in [4.78, 5) is 0. The molecule has 1 saturated carbocycles. The van der Waals surface area contributed by atoms with Crippen molar-refractivity contribution in [2.75, 3.05) is 0 Å². The third-order valence-electron chi connectivity index (χ3n) is 3.46. The van der Waals surface area contributed by atoms with E-state index < -0.39 is 0 Å². The molecule has 0 aromatic heterocycles. The van der Waals surface area contributed by atoms with Crippen molar-refractivity contribution in [1.29, 1.82) is 0 Å². The van der Waals surface area contributed by atoms with Crippen LogP contribution in [0, 0.1) is 5.82 Å². The van der Waals surface area contributed by atoms with E-state index in [1.54, 1.807) is 6.07 Å². The summed E-state index contributed by atoms with van der Waals surface area (Å²) in [5.41, 5.74) is 4.34. The lowest BCUT2D eigenvalue weighted by Gasteiger charge is -2.15. The van der Waals surface area contributed by atoms with Crippen molar-refractivity contribution < 1.29 is 4.39 Å². The highest BCUT2D eigenvalue weighted by molar-refractivity contribution is 5.66. The predicted molar refractivity (Wildman–Crippen MR) is 73.7 cm³/mol. The second-order valence-electron chi connectivity index (χ2n) is 4.76. The summed E-state index contributed by atoms with van der Waals surface area (Å²) in [6.07, 6.45) is 6.03. The lowest BCUT2D eigenvalue weighted by Crippen LogP contribution is -1.95. The van der Waals surface area contributed by atoms with Crippen LogP contribution in [0.3, 0.4) is 0 Å². The van der Waals surface area contributed by atoms with E-state index in [9.17, 15) is 4.39 Å². The van der Waals surface area contributed by atoms with E-state index in [1.165, 1.54) is 36.5 Å². The quantitative estimate of drug-likeness (QED) is 0.686. The number of allylic oxidation sites excluding steroid dienone is 1. The van der Waals surface area contributed by atoms with Crippen molar-refractivity contribution in [3.05, 3.63) is 65.5 Å². The molecule has 1 fully saturated rings. The van der Waals surface area contributed by atoms with E-state index in [1.807, 2.05) is 24.3 Å². The fourth-order valence-corrected chi connectivity index (χ4v) is 2.22. The zero-order valence-corrected chi connectivity index (χ0v) is 10.2. The molecule has 0 saturated heterocycles. The van der Waals surface area contributed by atoms with Gasteiger partial charge in [-0.25, -0.2) is 4.39 Å². The predicted octanol–water partition coefficient (Wildman–Crippen LogP) is 5.06. The standard InChI is InChI=1S/C17H15F/c18-17-7-2-1-6-16(17)15-10-8-14(9-11-15)12-13-4-3-5-13/h1-2,6-12H,3-5H2. The first kappa shape index (κ1) is 11.2. The summed E-state index contributed by atoms with van der Waals surface area (Å²) in [7, 11) is 0. The normalized spacial score (nSPS) is 14.2. The molecule has 0 nitrogen and oxygen atoms in total. The Morgan fingerprint density at radius 1 is 0.889 bits per heavy atom. The van der Waals surface area contributed by atoms with Gasteiger partial charge in [-0.3, -0.25) is 0 Å². The molecule has 0 amide bonds. The van der Waals surface area contributed by atoms with Gasteiger partial charge < -0.3 is 0 Å². The minimum atomic E-state index is -0.164. The highest BCUT2D eigenvalue weighted by atomic mass is 19.1. The molecule has 3 rings (SSSR count). The van der Waals surface area contributed by atoms with E-state index >= 15 is 0 Å². The van der Waals surface area contributed by atoms with Crippen molar-refractivity contribution in [2.24, 2.45) is 0 Å². The molecule has 0 aliphatic heterocycles. The maximum atomic E-state index is 13.6. The van der Waals surface area contributed by atoms with Crippen LogP contribution in [0.2, 0.25) is 0 Å². The van der Waals surface area contributed by atoms with Gasteiger partial charge in [0.15, 0.2) is 0 Å². The van der Waals surface area contributed by atoms with Crippen molar-refractivity contribution in [3.63, 3.8) is 0 Å². The van der Waals surface area contributed by atoms with E-state index in [0.29, 0.717) is 5.56 Å². The average Bonchev–Trinajstić information content (AvgIpc) is 2.35. The lowest BCUT2D eigenvalue weighted by atomic mass is 9.90. The molecule has 0 radical (unpaired) electrons. The minimum Gasteiger partial charge on any atom is -0.206 e. The molecular formula is C17H15F. The largest absolute Gasteiger partial charge is 0.206 e. The molecule has 2 aromatic rings. The summed E-state index contributed by atoms with van der Waals surface area (Å²) in [6, 6.07) is 15.0. The zero-order valence-electron chi connectivity index (χ0n) is 10.2. The highest BCUT2D eigenvalue weighted by Gasteiger charge is 2.08. The van der Waals surface area contributed by atoms with Gasteiger partial charge in [-0.15, -0.1) is 0 Å². The second kappa shape index (κ2) is 4.77. The topological polar surface area (TPSA) is 0 Å². The van der Waals surface area contributed by atoms with Crippen LogP contribution in [0.1, 0.15) is 24.8 Å². The van der Waals surface area contributed by atoms with Gasteiger partial charge >= 0.3 is 0 Å².